The normalized spacial score (nSPS) is 11.4. The Morgan fingerprint density at radius 2 is 1.65 bits per heavy atom. The summed E-state index contributed by atoms with van der Waals surface area (Å²) < 4.78 is 10.7. The molecule has 0 spiro atoms. The summed E-state index contributed by atoms with van der Waals surface area (Å²) in [6.07, 6.45) is 17.8. The second-order valence-electron chi connectivity index (χ2n) is 7.24. The third-order valence-electron chi connectivity index (χ3n) is 5.09. The van der Waals surface area contributed by atoms with E-state index in [4.69, 9.17) is 4.42 Å². The number of hydrogen-bond acceptors (Lipinski definition) is 3. The van der Waals surface area contributed by atoms with Gasteiger partial charge in [0.2, 0.25) is 0 Å². The molecule has 0 N–H and O–H groups in total. The van der Waals surface area contributed by atoms with Gasteiger partial charge in [-0.25, -0.2) is 0 Å². The molecule has 0 aliphatic rings. The Morgan fingerprint density at radius 3 is 2.35 bits per heavy atom. The second kappa shape index (κ2) is 13.7. The minimum atomic E-state index is -0.0906. The highest BCUT2D eigenvalue weighted by molar-refractivity contribution is 5.68. The van der Waals surface area contributed by atoms with E-state index in [1.54, 1.807) is 0 Å². The van der Waals surface area contributed by atoms with Crippen LogP contribution < -0.4 is 0 Å². The zero-order valence-corrected chi connectivity index (χ0v) is 17.4. The first-order valence-corrected chi connectivity index (χ1v) is 10.4. The Morgan fingerprint density at radius 1 is 0.962 bits per heavy atom. The Hall–Kier alpha value is -1.51. The molecule has 0 atom stereocenters. The van der Waals surface area contributed by atoms with Crippen LogP contribution in [-0.4, -0.2) is 13.1 Å². The van der Waals surface area contributed by atoms with Crippen molar-refractivity contribution >= 4 is 12.0 Å². The minimum absolute atomic E-state index is 0.0906. The van der Waals surface area contributed by atoms with Crippen molar-refractivity contribution in [2.24, 2.45) is 0 Å². The lowest BCUT2D eigenvalue weighted by Crippen LogP contribution is -1.99. The number of allylic oxidation sites excluding steroid dienone is 1. The van der Waals surface area contributed by atoms with Gasteiger partial charge in [0.25, 0.3) is 0 Å². The number of methoxy groups -OCH3 is 1. The molecule has 0 saturated heterocycles. The SMILES string of the molecule is CCCCCc1oc(/C=C/CCCCCCCCC(=O)OC)c(C)c1C. The van der Waals surface area contributed by atoms with Gasteiger partial charge in [0.05, 0.1) is 7.11 Å². The molecule has 0 unspecified atom stereocenters. The van der Waals surface area contributed by atoms with E-state index in [2.05, 4.69) is 37.7 Å². The zero-order valence-electron chi connectivity index (χ0n) is 17.4. The van der Waals surface area contributed by atoms with Crippen LogP contribution in [0.3, 0.4) is 0 Å². The highest BCUT2D eigenvalue weighted by Crippen LogP contribution is 2.24. The average molecular weight is 363 g/mol. The molecule has 26 heavy (non-hydrogen) atoms. The fraction of sp³-hybridized carbons (Fsp3) is 0.696. The molecular formula is C23H38O3. The van der Waals surface area contributed by atoms with Crippen LogP contribution in [0.15, 0.2) is 10.5 Å². The standard InChI is InChI=1S/C23H38O3/c1-5-6-13-16-21-19(2)20(3)22(26-21)17-14-11-9-7-8-10-12-15-18-23(24)25-4/h14,17H,5-13,15-16,18H2,1-4H3/b17-14+. The summed E-state index contributed by atoms with van der Waals surface area (Å²) in [7, 11) is 1.45. The number of hydrogen-bond donors (Lipinski definition) is 0. The maximum atomic E-state index is 11.0. The van der Waals surface area contributed by atoms with E-state index in [1.807, 2.05) is 0 Å². The molecule has 3 heteroatoms. The summed E-state index contributed by atoms with van der Waals surface area (Å²) >= 11 is 0. The molecule has 0 amide bonds. The Labute approximate surface area is 160 Å². The highest BCUT2D eigenvalue weighted by Gasteiger charge is 2.11. The van der Waals surface area contributed by atoms with Gasteiger partial charge < -0.3 is 9.15 Å². The summed E-state index contributed by atoms with van der Waals surface area (Å²) in [4.78, 5) is 11.0. The summed E-state index contributed by atoms with van der Waals surface area (Å²) in [6, 6.07) is 0. The van der Waals surface area contributed by atoms with Gasteiger partial charge in [0.15, 0.2) is 0 Å². The van der Waals surface area contributed by atoms with Crippen molar-refractivity contribution in [1.29, 1.82) is 0 Å². The molecule has 1 rings (SSSR count). The van der Waals surface area contributed by atoms with Crippen LogP contribution in [0.2, 0.25) is 0 Å². The number of esters is 1. The van der Waals surface area contributed by atoms with E-state index in [9.17, 15) is 4.79 Å². The van der Waals surface area contributed by atoms with E-state index in [0.29, 0.717) is 6.42 Å². The van der Waals surface area contributed by atoms with Crippen LogP contribution in [0.25, 0.3) is 6.08 Å². The van der Waals surface area contributed by atoms with Crippen molar-refractivity contribution in [2.75, 3.05) is 7.11 Å². The molecule has 0 bridgehead atoms. The Bertz CT molecular complexity index is 540. The van der Waals surface area contributed by atoms with Crippen molar-refractivity contribution < 1.29 is 13.9 Å². The molecule has 0 aliphatic carbocycles. The number of ether oxygens (including phenoxy) is 1. The maximum absolute atomic E-state index is 11.0. The first-order valence-electron chi connectivity index (χ1n) is 10.4. The number of rotatable bonds is 14. The molecule has 1 aromatic rings. The third-order valence-corrected chi connectivity index (χ3v) is 5.09. The second-order valence-corrected chi connectivity index (χ2v) is 7.24. The first-order chi connectivity index (χ1) is 12.6. The molecule has 0 aromatic carbocycles. The van der Waals surface area contributed by atoms with Gasteiger partial charge in [-0.05, 0) is 56.7 Å². The van der Waals surface area contributed by atoms with Gasteiger partial charge in [0.1, 0.15) is 11.5 Å². The lowest BCUT2D eigenvalue weighted by molar-refractivity contribution is -0.140. The predicted octanol–water partition coefficient (Wildman–Crippen LogP) is 6.94. The van der Waals surface area contributed by atoms with Gasteiger partial charge in [-0.2, -0.15) is 0 Å². The Kier molecular flexibility index (Phi) is 11.8. The van der Waals surface area contributed by atoms with E-state index >= 15 is 0 Å². The van der Waals surface area contributed by atoms with E-state index in [-0.39, 0.29) is 5.97 Å². The minimum Gasteiger partial charge on any atom is -0.469 e. The monoisotopic (exact) mass is 362 g/mol. The van der Waals surface area contributed by atoms with Crippen LogP contribution in [-0.2, 0) is 16.0 Å². The third kappa shape index (κ3) is 8.73. The smallest absolute Gasteiger partial charge is 0.305 e. The van der Waals surface area contributed by atoms with Crippen molar-refractivity contribution in [3.63, 3.8) is 0 Å². The lowest BCUT2D eigenvalue weighted by atomic mass is 10.1. The van der Waals surface area contributed by atoms with Crippen molar-refractivity contribution in [2.45, 2.75) is 97.8 Å². The highest BCUT2D eigenvalue weighted by atomic mass is 16.5. The van der Waals surface area contributed by atoms with E-state index in [1.165, 1.54) is 68.9 Å². The predicted molar refractivity (Wildman–Crippen MR) is 109 cm³/mol. The van der Waals surface area contributed by atoms with Gasteiger partial charge in [0, 0.05) is 12.8 Å². The van der Waals surface area contributed by atoms with Gasteiger partial charge in [-0.15, -0.1) is 0 Å². The largest absolute Gasteiger partial charge is 0.469 e. The van der Waals surface area contributed by atoms with Crippen LogP contribution in [0.5, 0.6) is 0 Å². The first kappa shape index (κ1) is 22.5. The summed E-state index contributed by atoms with van der Waals surface area (Å²) in [5.41, 5.74) is 2.62. The number of carbonyl (C=O) groups is 1. The molecular weight excluding hydrogens is 324 g/mol. The molecule has 1 aromatic heterocycles. The van der Waals surface area contributed by atoms with Crippen molar-refractivity contribution in [3.05, 3.63) is 28.7 Å². The van der Waals surface area contributed by atoms with E-state index < -0.39 is 0 Å². The maximum Gasteiger partial charge on any atom is 0.305 e. The summed E-state index contributed by atoms with van der Waals surface area (Å²) in [5.74, 6) is 2.12. The summed E-state index contributed by atoms with van der Waals surface area (Å²) in [5, 5.41) is 0. The number of carbonyl (C=O) groups excluding carboxylic acids is 1. The number of furan rings is 1. The molecule has 1 heterocycles. The molecule has 148 valence electrons. The zero-order chi connectivity index (χ0) is 19.2. The number of unbranched alkanes of at least 4 members (excludes halogenated alkanes) is 8. The van der Waals surface area contributed by atoms with Crippen LogP contribution in [0.1, 0.15) is 100 Å². The fourth-order valence-electron chi connectivity index (χ4n) is 3.14. The lowest BCUT2D eigenvalue weighted by Gasteiger charge is -2.00. The summed E-state index contributed by atoms with van der Waals surface area (Å²) in [6.45, 7) is 6.57. The molecule has 0 saturated carbocycles. The number of aryl methyl sites for hydroxylation is 1. The van der Waals surface area contributed by atoms with E-state index in [0.717, 1.165) is 31.4 Å². The quantitative estimate of drug-likeness (QED) is 0.266. The fourth-order valence-corrected chi connectivity index (χ4v) is 3.14. The van der Waals surface area contributed by atoms with Crippen LogP contribution in [0.4, 0.5) is 0 Å². The molecule has 0 radical (unpaired) electrons. The van der Waals surface area contributed by atoms with Crippen LogP contribution in [0, 0.1) is 13.8 Å². The molecule has 3 nitrogen and oxygen atoms in total. The van der Waals surface area contributed by atoms with Crippen LogP contribution >= 0.6 is 0 Å². The van der Waals surface area contributed by atoms with Gasteiger partial charge in [-0.1, -0.05) is 51.5 Å². The average Bonchev–Trinajstić information content (AvgIpc) is 2.91. The van der Waals surface area contributed by atoms with Crippen molar-refractivity contribution in [3.8, 4) is 0 Å². The van der Waals surface area contributed by atoms with Crippen molar-refractivity contribution in [1.82, 2.24) is 0 Å². The molecule has 0 aliphatic heterocycles. The topological polar surface area (TPSA) is 39.4 Å². The van der Waals surface area contributed by atoms with Gasteiger partial charge in [-0.3, -0.25) is 4.79 Å². The molecule has 0 fully saturated rings. The van der Waals surface area contributed by atoms with Gasteiger partial charge >= 0.3 is 5.97 Å². The Balaban J connectivity index is 2.18.